The van der Waals surface area contributed by atoms with E-state index in [1.807, 2.05) is 18.2 Å². The van der Waals surface area contributed by atoms with E-state index in [9.17, 15) is 4.79 Å². The third-order valence-corrected chi connectivity index (χ3v) is 6.60. The Bertz CT molecular complexity index is 1140. The summed E-state index contributed by atoms with van der Waals surface area (Å²) in [7, 11) is 0. The lowest BCUT2D eigenvalue weighted by molar-refractivity contribution is -0.137. The van der Waals surface area contributed by atoms with E-state index in [0.29, 0.717) is 11.4 Å². The van der Waals surface area contributed by atoms with Crippen LogP contribution in [-0.4, -0.2) is 16.1 Å². The third kappa shape index (κ3) is 4.14. The lowest BCUT2D eigenvalue weighted by Crippen LogP contribution is -2.01. The second-order valence-corrected chi connectivity index (χ2v) is 8.75. The molecule has 3 nitrogen and oxygen atoms in total. The van der Waals surface area contributed by atoms with Crippen LogP contribution in [0.3, 0.4) is 0 Å². The number of aryl methyl sites for hydroxylation is 1. The maximum Gasteiger partial charge on any atom is 0.303 e. The smallest absolute Gasteiger partial charge is 0.303 e. The molecule has 0 aliphatic heterocycles. The predicted octanol–water partition coefficient (Wildman–Crippen LogP) is 6.85. The number of carbonyl (C=O) groups is 1. The average Bonchev–Trinajstić information content (AvgIpc) is 2.85. The number of hydrogen-bond donors (Lipinski definition) is 1. The Morgan fingerprint density at radius 3 is 2.93 bits per heavy atom. The van der Waals surface area contributed by atoms with Crippen molar-refractivity contribution in [3.63, 3.8) is 0 Å². The van der Waals surface area contributed by atoms with E-state index in [4.69, 9.17) is 21.7 Å². The molecule has 29 heavy (non-hydrogen) atoms. The number of rotatable bonds is 6. The van der Waals surface area contributed by atoms with Crippen LogP contribution in [0.2, 0.25) is 5.02 Å². The molecule has 148 valence electrons. The summed E-state index contributed by atoms with van der Waals surface area (Å²) in [4.78, 5) is 18.1. The zero-order chi connectivity index (χ0) is 20.4. The number of aromatic nitrogens is 1. The van der Waals surface area contributed by atoms with Gasteiger partial charge < -0.3 is 5.11 Å². The van der Waals surface area contributed by atoms with Gasteiger partial charge in [-0.15, -0.1) is 11.3 Å². The van der Waals surface area contributed by atoms with Crippen molar-refractivity contribution in [1.29, 1.82) is 0 Å². The molecule has 0 fully saturated rings. The van der Waals surface area contributed by atoms with Gasteiger partial charge in [-0.25, -0.2) is 4.98 Å². The Balaban J connectivity index is 1.91. The van der Waals surface area contributed by atoms with Gasteiger partial charge >= 0.3 is 5.97 Å². The number of fused-ring (bicyclic) bond motifs is 3. The number of carboxylic acids is 1. The maximum atomic E-state index is 10.9. The molecule has 1 aliphatic rings. The van der Waals surface area contributed by atoms with Gasteiger partial charge in [0.2, 0.25) is 0 Å². The van der Waals surface area contributed by atoms with Crippen LogP contribution >= 0.6 is 22.9 Å². The first-order valence-corrected chi connectivity index (χ1v) is 11.0. The zero-order valence-corrected chi connectivity index (χ0v) is 17.8. The van der Waals surface area contributed by atoms with Gasteiger partial charge in [0.1, 0.15) is 4.83 Å². The number of nitrogens with zero attached hydrogens (tertiary/aromatic N) is 1. The predicted molar refractivity (Wildman–Crippen MR) is 122 cm³/mol. The number of allylic oxidation sites excluding steroid dienone is 3. The molecular weight excluding hydrogens is 402 g/mol. The number of unbranched alkanes of at least 4 members (excludes halogenated alkanes) is 1. The minimum absolute atomic E-state index is 0.199. The van der Waals surface area contributed by atoms with Gasteiger partial charge in [0.05, 0.1) is 0 Å². The maximum absolute atomic E-state index is 10.9. The minimum atomic E-state index is -0.743. The second-order valence-electron chi connectivity index (χ2n) is 7.28. The molecule has 0 saturated heterocycles. The fourth-order valence-electron chi connectivity index (χ4n) is 3.95. The van der Waals surface area contributed by atoms with E-state index in [1.165, 1.54) is 27.0 Å². The molecule has 0 bridgehead atoms. The van der Waals surface area contributed by atoms with Crippen molar-refractivity contribution in [3.8, 4) is 11.1 Å². The molecule has 1 aliphatic carbocycles. The van der Waals surface area contributed by atoms with E-state index in [0.717, 1.165) is 35.4 Å². The molecule has 2 heterocycles. The summed E-state index contributed by atoms with van der Waals surface area (Å²) in [6.07, 6.45) is 11.9. The quantitative estimate of drug-likeness (QED) is 0.441. The summed E-state index contributed by atoms with van der Waals surface area (Å²) in [5.41, 5.74) is 5.82. The number of halogens is 1. The fraction of sp³-hybridized carbons (Fsp3) is 0.250. The number of benzene rings is 1. The molecule has 0 spiro atoms. The Kier molecular flexibility index (Phi) is 5.84. The summed E-state index contributed by atoms with van der Waals surface area (Å²) in [6.45, 7) is 2.06. The van der Waals surface area contributed by atoms with Crippen LogP contribution in [0.25, 0.3) is 27.4 Å². The first-order chi connectivity index (χ1) is 14.0. The molecule has 1 N–H and O–H groups in total. The third-order valence-electron chi connectivity index (χ3n) is 5.27. The van der Waals surface area contributed by atoms with Crippen LogP contribution in [0.5, 0.6) is 0 Å². The highest BCUT2D eigenvalue weighted by atomic mass is 35.5. The highest BCUT2D eigenvalue weighted by molar-refractivity contribution is 7.19. The van der Waals surface area contributed by atoms with E-state index < -0.39 is 5.97 Å². The molecule has 0 radical (unpaired) electrons. The summed E-state index contributed by atoms with van der Waals surface area (Å²) < 4.78 is 0. The van der Waals surface area contributed by atoms with Crippen LogP contribution in [0.4, 0.5) is 0 Å². The highest BCUT2D eigenvalue weighted by Gasteiger charge is 2.21. The van der Waals surface area contributed by atoms with Gasteiger partial charge in [-0.2, -0.15) is 0 Å². The monoisotopic (exact) mass is 423 g/mol. The summed E-state index contributed by atoms with van der Waals surface area (Å²) in [6, 6.07) is 8.00. The number of carboxylic acid groups (broad SMARTS) is 1. The summed E-state index contributed by atoms with van der Waals surface area (Å²) in [5.74, 6) is -0.743. The second kappa shape index (κ2) is 8.52. The van der Waals surface area contributed by atoms with Crippen molar-refractivity contribution < 1.29 is 9.90 Å². The van der Waals surface area contributed by atoms with Crippen LogP contribution in [0, 0.1) is 6.92 Å². The van der Waals surface area contributed by atoms with Gasteiger partial charge in [0, 0.05) is 27.4 Å². The lowest BCUT2D eigenvalue weighted by atomic mass is 9.90. The molecule has 0 saturated carbocycles. The Morgan fingerprint density at radius 1 is 1.28 bits per heavy atom. The Labute approximate surface area is 179 Å². The van der Waals surface area contributed by atoms with Gasteiger partial charge in [-0.1, -0.05) is 42.0 Å². The SMILES string of the molecule is Cc1nc2sc3c(c2c(-c2cccc(Cl)c2)c1CCCCC(=O)O)CC=CC=C3. The number of pyridine rings is 1. The van der Waals surface area contributed by atoms with E-state index >= 15 is 0 Å². The standard InChI is InChI=1S/C24H22ClNO2S/c1-15-18(10-5-6-13-21(27)28)22(16-8-7-9-17(25)14-16)23-19-11-3-2-4-12-20(19)29-24(23)26-15/h2-4,7-9,12,14H,5-6,10-11,13H2,1H3,(H,27,28). The Hall–Kier alpha value is -2.43. The average molecular weight is 424 g/mol. The van der Waals surface area contributed by atoms with E-state index in [1.54, 1.807) is 11.3 Å². The molecule has 4 rings (SSSR count). The molecule has 0 unspecified atom stereocenters. The Morgan fingerprint density at radius 2 is 2.14 bits per heavy atom. The van der Waals surface area contributed by atoms with E-state index in [2.05, 4.69) is 37.3 Å². The van der Waals surface area contributed by atoms with Crippen LogP contribution in [-0.2, 0) is 17.6 Å². The number of aliphatic carboxylic acids is 1. The normalized spacial score (nSPS) is 12.9. The zero-order valence-electron chi connectivity index (χ0n) is 16.2. The molecule has 1 aromatic carbocycles. The largest absolute Gasteiger partial charge is 0.481 e. The van der Waals surface area contributed by atoms with Crippen molar-refractivity contribution in [3.05, 3.63) is 69.2 Å². The minimum Gasteiger partial charge on any atom is -0.481 e. The van der Waals surface area contributed by atoms with Crippen molar-refractivity contribution >= 4 is 45.2 Å². The first kappa shape index (κ1) is 19.9. The molecule has 3 aromatic rings. The van der Waals surface area contributed by atoms with Gasteiger partial charge in [0.15, 0.2) is 0 Å². The molecule has 5 heteroatoms. The molecule has 0 atom stereocenters. The van der Waals surface area contributed by atoms with Gasteiger partial charge in [-0.05, 0) is 73.1 Å². The first-order valence-electron chi connectivity index (χ1n) is 9.80. The number of thiophene rings is 1. The van der Waals surface area contributed by atoms with Crippen molar-refractivity contribution in [2.75, 3.05) is 0 Å². The topological polar surface area (TPSA) is 50.2 Å². The molecule has 2 aromatic heterocycles. The van der Waals surface area contributed by atoms with Crippen LogP contribution in [0.15, 0.2) is 42.5 Å². The highest BCUT2D eigenvalue weighted by Crippen LogP contribution is 2.42. The molecular formula is C24H22ClNO2S. The summed E-state index contributed by atoms with van der Waals surface area (Å²) in [5, 5.41) is 10.9. The number of hydrogen-bond acceptors (Lipinski definition) is 3. The van der Waals surface area contributed by atoms with Crippen LogP contribution < -0.4 is 0 Å². The fourth-order valence-corrected chi connectivity index (χ4v) is 5.31. The van der Waals surface area contributed by atoms with Crippen LogP contribution in [0.1, 0.15) is 41.0 Å². The molecule has 0 amide bonds. The van der Waals surface area contributed by atoms with Crippen molar-refractivity contribution in [2.24, 2.45) is 0 Å². The van der Waals surface area contributed by atoms with E-state index in [-0.39, 0.29) is 6.42 Å². The van der Waals surface area contributed by atoms with Gasteiger partial charge in [0.25, 0.3) is 0 Å². The lowest BCUT2D eigenvalue weighted by Gasteiger charge is -2.16. The van der Waals surface area contributed by atoms with Crippen molar-refractivity contribution in [1.82, 2.24) is 4.98 Å². The van der Waals surface area contributed by atoms with Crippen molar-refractivity contribution in [2.45, 2.75) is 39.0 Å². The van der Waals surface area contributed by atoms with Gasteiger partial charge in [-0.3, -0.25) is 4.79 Å². The summed E-state index contributed by atoms with van der Waals surface area (Å²) >= 11 is 8.08.